The van der Waals surface area contributed by atoms with Crippen molar-refractivity contribution < 1.29 is 23.5 Å². The van der Waals surface area contributed by atoms with Crippen LogP contribution in [-0.4, -0.2) is 34.5 Å². The Labute approximate surface area is 121 Å². The van der Waals surface area contributed by atoms with E-state index in [2.05, 4.69) is 0 Å². The van der Waals surface area contributed by atoms with Crippen LogP contribution in [0.15, 0.2) is 12.1 Å². The summed E-state index contributed by atoms with van der Waals surface area (Å²) < 4.78 is 26.6. The molecule has 1 aromatic rings. The van der Waals surface area contributed by atoms with Crippen molar-refractivity contribution in [2.24, 2.45) is 0 Å². The van der Waals surface area contributed by atoms with Gasteiger partial charge >= 0.3 is 5.97 Å². The van der Waals surface area contributed by atoms with Gasteiger partial charge in [0.1, 0.15) is 0 Å². The van der Waals surface area contributed by atoms with E-state index < -0.39 is 29.1 Å². The lowest BCUT2D eigenvalue weighted by atomic mass is 10.1. The number of benzene rings is 1. The minimum Gasteiger partial charge on any atom is -0.478 e. The highest BCUT2D eigenvalue weighted by atomic mass is 19.2. The number of carboxylic acid groups (broad SMARTS) is 1. The first-order valence-corrected chi connectivity index (χ1v) is 6.99. The molecule has 1 aliphatic rings. The number of hydrogen-bond acceptors (Lipinski definition) is 2. The molecule has 114 valence electrons. The summed E-state index contributed by atoms with van der Waals surface area (Å²) in [6, 6.07) is 1.33. The van der Waals surface area contributed by atoms with Crippen LogP contribution in [0, 0.1) is 11.6 Å². The summed E-state index contributed by atoms with van der Waals surface area (Å²) in [4.78, 5) is 25.2. The third-order valence-electron chi connectivity index (χ3n) is 3.52. The van der Waals surface area contributed by atoms with E-state index in [1.807, 2.05) is 6.92 Å². The van der Waals surface area contributed by atoms with Crippen molar-refractivity contribution in [2.75, 3.05) is 6.54 Å². The van der Waals surface area contributed by atoms with Gasteiger partial charge in [-0.25, -0.2) is 13.6 Å². The average molecular weight is 297 g/mol. The van der Waals surface area contributed by atoms with Gasteiger partial charge in [0, 0.05) is 12.6 Å². The van der Waals surface area contributed by atoms with Gasteiger partial charge in [0.2, 0.25) is 0 Å². The third-order valence-corrected chi connectivity index (χ3v) is 3.52. The zero-order valence-electron chi connectivity index (χ0n) is 11.7. The maximum atomic E-state index is 13.4. The number of hydrogen-bond donors (Lipinski definition) is 1. The number of nitrogens with zero attached hydrogens (tertiary/aromatic N) is 1. The van der Waals surface area contributed by atoms with E-state index in [0.717, 1.165) is 25.7 Å². The van der Waals surface area contributed by atoms with E-state index in [-0.39, 0.29) is 11.6 Å². The third kappa shape index (κ3) is 3.37. The van der Waals surface area contributed by atoms with Gasteiger partial charge in [0.15, 0.2) is 11.6 Å². The Kier molecular flexibility index (Phi) is 4.55. The minimum absolute atomic E-state index is 0.0822. The van der Waals surface area contributed by atoms with Crippen LogP contribution in [-0.2, 0) is 0 Å². The van der Waals surface area contributed by atoms with Gasteiger partial charge in [-0.05, 0) is 31.4 Å². The van der Waals surface area contributed by atoms with E-state index in [4.69, 9.17) is 5.11 Å². The first kappa shape index (κ1) is 15.4. The number of amides is 1. The molecule has 1 N–H and O–H groups in total. The first-order valence-electron chi connectivity index (χ1n) is 6.99. The predicted molar refractivity (Wildman–Crippen MR) is 72.3 cm³/mol. The molecule has 0 atom stereocenters. The normalized spacial score (nSPS) is 14.0. The molecule has 1 saturated carbocycles. The van der Waals surface area contributed by atoms with Crippen molar-refractivity contribution in [1.82, 2.24) is 4.90 Å². The zero-order chi connectivity index (χ0) is 15.6. The van der Waals surface area contributed by atoms with Crippen LogP contribution in [0.1, 0.15) is 53.3 Å². The molecule has 1 aromatic carbocycles. The smallest absolute Gasteiger partial charge is 0.336 e. The van der Waals surface area contributed by atoms with Gasteiger partial charge in [-0.2, -0.15) is 0 Å². The Morgan fingerprint density at radius 3 is 2.29 bits per heavy atom. The summed E-state index contributed by atoms with van der Waals surface area (Å²) in [6.45, 7) is 2.48. The summed E-state index contributed by atoms with van der Waals surface area (Å²) in [7, 11) is 0. The van der Waals surface area contributed by atoms with Crippen LogP contribution in [0.5, 0.6) is 0 Å². The highest BCUT2D eigenvalue weighted by Crippen LogP contribution is 2.29. The number of carboxylic acids is 1. The molecule has 2 rings (SSSR count). The van der Waals surface area contributed by atoms with Crippen molar-refractivity contribution in [2.45, 2.75) is 38.6 Å². The molecule has 6 heteroatoms. The van der Waals surface area contributed by atoms with Gasteiger partial charge in [-0.15, -0.1) is 0 Å². The standard InChI is InChI=1S/C15H17F2NO3/c1-2-3-6-18(9-4-5-9)14(19)10-7-12(16)13(17)8-11(10)15(20)21/h7-9H,2-6H2,1H3,(H,20,21). The number of aromatic carboxylic acids is 1. The maximum absolute atomic E-state index is 13.4. The largest absolute Gasteiger partial charge is 0.478 e. The lowest BCUT2D eigenvalue weighted by molar-refractivity contribution is 0.0670. The number of halogens is 2. The molecule has 1 fully saturated rings. The summed E-state index contributed by atoms with van der Waals surface area (Å²) in [5, 5.41) is 9.08. The summed E-state index contributed by atoms with van der Waals surface area (Å²) in [5.74, 6) is -4.46. The predicted octanol–water partition coefficient (Wildman–Crippen LogP) is 3.07. The molecule has 1 aliphatic carbocycles. The van der Waals surface area contributed by atoms with Gasteiger partial charge in [0.25, 0.3) is 5.91 Å². The van der Waals surface area contributed by atoms with Crippen molar-refractivity contribution >= 4 is 11.9 Å². The van der Waals surface area contributed by atoms with Gasteiger partial charge in [-0.1, -0.05) is 13.3 Å². The fourth-order valence-electron chi connectivity index (χ4n) is 2.22. The fraction of sp³-hybridized carbons (Fsp3) is 0.467. The molecule has 0 bridgehead atoms. The molecule has 21 heavy (non-hydrogen) atoms. The first-order chi connectivity index (χ1) is 9.95. The zero-order valence-corrected chi connectivity index (χ0v) is 11.7. The van der Waals surface area contributed by atoms with Crippen LogP contribution in [0.4, 0.5) is 8.78 Å². The van der Waals surface area contributed by atoms with Gasteiger partial charge in [0.05, 0.1) is 11.1 Å². The molecule has 0 spiro atoms. The SMILES string of the molecule is CCCCN(C(=O)c1cc(F)c(F)cc1C(=O)O)C1CC1. The van der Waals surface area contributed by atoms with Crippen molar-refractivity contribution in [1.29, 1.82) is 0 Å². The lowest BCUT2D eigenvalue weighted by Crippen LogP contribution is -2.35. The van der Waals surface area contributed by atoms with Crippen molar-refractivity contribution in [3.8, 4) is 0 Å². The molecule has 0 radical (unpaired) electrons. The Balaban J connectivity index is 2.36. The molecular weight excluding hydrogens is 280 g/mol. The second-order valence-corrected chi connectivity index (χ2v) is 5.20. The van der Waals surface area contributed by atoms with E-state index >= 15 is 0 Å². The van der Waals surface area contributed by atoms with Gasteiger partial charge in [-0.3, -0.25) is 4.79 Å². The average Bonchev–Trinajstić information content (AvgIpc) is 3.26. The highest BCUT2D eigenvalue weighted by Gasteiger charge is 2.34. The minimum atomic E-state index is -1.44. The van der Waals surface area contributed by atoms with Gasteiger partial charge < -0.3 is 10.0 Å². The lowest BCUT2D eigenvalue weighted by Gasteiger charge is -2.23. The molecule has 1 amide bonds. The number of carbonyl (C=O) groups is 2. The highest BCUT2D eigenvalue weighted by molar-refractivity contribution is 6.05. The number of unbranched alkanes of at least 4 members (excludes halogenated alkanes) is 1. The monoisotopic (exact) mass is 297 g/mol. The van der Waals surface area contributed by atoms with E-state index in [1.165, 1.54) is 0 Å². The van der Waals surface area contributed by atoms with Crippen LogP contribution in [0.2, 0.25) is 0 Å². The molecule has 0 saturated heterocycles. The summed E-state index contributed by atoms with van der Waals surface area (Å²) >= 11 is 0. The molecule has 0 aliphatic heterocycles. The van der Waals surface area contributed by atoms with Crippen LogP contribution < -0.4 is 0 Å². The van der Waals surface area contributed by atoms with E-state index in [0.29, 0.717) is 18.7 Å². The second-order valence-electron chi connectivity index (χ2n) is 5.20. The molecule has 4 nitrogen and oxygen atoms in total. The number of carbonyl (C=O) groups excluding carboxylic acids is 1. The Hall–Kier alpha value is -1.98. The Bertz CT molecular complexity index is 570. The number of rotatable bonds is 6. The second kappa shape index (κ2) is 6.20. The maximum Gasteiger partial charge on any atom is 0.336 e. The quantitative estimate of drug-likeness (QED) is 0.878. The van der Waals surface area contributed by atoms with E-state index in [9.17, 15) is 18.4 Å². The van der Waals surface area contributed by atoms with Crippen molar-refractivity contribution in [3.63, 3.8) is 0 Å². The fourth-order valence-corrected chi connectivity index (χ4v) is 2.22. The summed E-state index contributed by atoms with van der Waals surface area (Å²) in [5.41, 5.74) is -0.787. The molecular formula is C15H17F2NO3. The summed E-state index contributed by atoms with van der Waals surface area (Å²) in [6.07, 6.45) is 3.40. The topological polar surface area (TPSA) is 57.6 Å². The van der Waals surface area contributed by atoms with Crippen LogP contribution in [0.25, 0.3) is 0 Å². The Morgan fingerprint density at radius 1 is 1.24 bits per heavy atom. The Morgan fingerprint density at radius 2 is 1.81 bits per heavy atom. The molecule has 0 aromatic heterocycles. The van der Waals surface area contributed by atoms with Crippen LogP contribution >= 0.6 is 0 Å². The molecule has 0 heterocycles. The molecule has 0 unspecified atom stereocenters. The van der Waals surface area contributed by atoms with E-state index in [1.54, 1.807) is 4.90 Å². The van der Waals surface area contributed by atoms with Crippen LogP contribution in [0.3, 0.4) is 0 Å². The van der Waals surface area contributed by atoms with Crippen molar-refractivity contribution in [3.05, 3.63) is 34.9 Å².